The molecule has 5 heteroatoms. The molecular weight excluding hydrogens is 222 g/mol. The van der Waals surface area contributed by atoms with Gasteiger partial charge in [-0.3, -0.25) is 4.90 Å². The monoisotopic (exact) mass is 237 g/mol. The number of aromatic nitrogens is 1. The van der Waals surface area contributed by atoms with Gasteiger partial charge in [-0.05, 0) is 24.9 Å². The molecular formula is C11H15N3OS. The van der Waals surface area contributed by atoms with E-state index in [-0.39, 0.29) is 0 Å². The van der Waals surface area contributed by atoms with E-state index in [1.807, 2.05) is 0 Å². The molecule has 2 aromatic rings. The van der Waals surface area contributed by atoms with E-state index in [2.05, 4.69) is 34.6 Å². The largest absolute Gasteiger partial charge is 0.381 e. The summed E-state index contributed by atoms with van der Waals surface area (Å²) in [5, 5.41) is 5.76. The summed E-state index contributed by atoms with van der Waals surface area (Å²) in [4.78, 5) is 3.60. The summed E-state index contributed by atoms with van der Waals surface area (Å²) in [5.74, 6) is 1.26. The molecule has 0 spiro atoms. The molecule has 0 aliphatic rings. The van der Waals surface area contributed by atoms with Crippen LogP contribution in [0.2, 0.25) is 0 Å². The van der Waals surface area contributed by atoms with Crippen LogP contribution in [0.4, 0.5) is 5.82 Å². The second-order valence-electron chi connectivity index (χ2n) is 3.79. The fourth-order valence-electron chi connectivity index (χ4n) is 1.50. The van der Waals surface area contributed by atoms with Crippen LogP contribution in [0.3, 0.4) is 0 Å². The molecule has 0 atom stereocenters. The Bertz CT molecular complexity index is 424. The molecule has 0 saturated heterocycles. The minimum absolute atomic E-state index is 0.446. The zero-order valence-corrected chi connectivity index (χ0v) is 10.0. The first-order chi connectivity index (χ1) is 7.74. The Balaban J connectivity index is 1.78. The molecule has 0 saturated carbocycles. The molecule has 4 nitrogen and oxygen atoms in total. The van der Waals surface area contributed by atoms with Crippen molar-refractivity contribution >= 4 is 17.2 Å². The normalized spacial score (nSPS) is 11.1. The van der Waals surface area contributed by atoms with Crippen molar-refractivity contribution in [3.05, 3.63) is 34.2 Å². The maximum absolute atomic E-state index is 5.48. The molecule has 0 aliphatic carbocycles. The van der Waals surface area contributed by atoms with Gasteiger partial charge in [0, 0.05) is 17.5 Å². The molecule has 0 radical (unpaired) electrons. The number of nitrogens with zero attached hydrogens (tertiary/aromatic N) is 2. The molecule has 2 heterocycles. The summed E-state index contributed by atoms with van der Waals surface area (Å²) in [6.07, 6.45) is 1.07. The van der Waals surface area contributed by atoms with Crippen LogP contribution in [-0.4, -0.2) is 23.6 Å². The Morgan fingerprint density at radius 3 is 3.06 bits per heavy atom. The molecule has 0 fully saturated rings. The highest BCUT2D eigenvalue weighted by Gasteiger charge is 2.05. The maximum atomic E-state index is 5.48. The summed E-state index contributed by atoms with van der Waals surface area (Å²) in [5.41, 5.74) is 5.48. The first-order valence-electron chi connectivity index (χ1n) is 5.16. The van der Waals surface area contributed by atoms with Crippen LogP contribution in [0.25, 0.3) is 0 Å². The lowest BCUT2D eigenvalue weighted by molar-refractivity contribution is 0.276. The highest BCUT2D eigenvalue weighted by molar-refractivity contribution is 7.09. The van der Waals surface area contributed by atoms with Gasteiger partial charge >= 0.3 is 0 Å². The van der Waals surface area contributed by atoms with E-state index in [0.29, 0.717) is 5.82 Å². The third kappa shape index (κ3) is 3.08. The van der Waals surface area contributed by atoms with Crippen LogP contribution in [0.15, 0.2) is 28.1 Å². The highest BCUT2D eigenvalue weighted by atomic mass is 32.1. The van der Waals surface area contributed by atoms with E-state index >= 15 is 0 Å². The lowest BCUT2D eigenvalue weighted by Gasteiger charge is -2.13. The molecule has 0 aliphatic heterocycles. The molecule has 2 rings (SSSR count). The quantitative estimate of drug-likeness (QED) is 0.864. The molecule has 0 unspecified atom stereocenters. The fourth-order valence-corrected chi connectivity index (χ4v) is 2.20. The van der Waals surface area contributed by atoms with Crippen molar-refractivity contribution in [2.45, 2.75) is 13.0 Å². The number of rotatable bonds is 5. The number of nitrogens with two attached hydrogens (primary N) is 1. The van der Waals surface area contributed by atoms with Crippen LogP contribution in [-0.2, 0) is 13.0 Å². The van der Waals surface area contributed by atoms with Crippen molar-refractivity contribution in [1.82, 2.24) is 10.1 Å². The molecule has 0 bridgehead atoms. The molecule has 86 valence electrons. The van der Waals surface area contributed by atoms with Crippen LogP contribution in [0.1, 0.15) is 10.6 Å². The predicted molar refractivity (Wildman–Crippen MR) is 65.3 cm³/mol. The van der Waals surface area contributed by atoms with Crippen molar-refractivity contribution in [3.8, 4) is 0 Å². The average molecular weight is 237 g/mol. The second kappa shape index (κ2) is 5.14. The van der Waals surface area contributed by atoms with E-state index in [0.717, 1.165) is 25.3 Å². The summed E-state index contributed by atoms with van der Waals surface area (Å²) < 4.78 is 5.06. The van der Waals surface area contributed by atoms with Crippen LogP contribution >= 0.6 is 11.3 Å². The average Bonchev–Trinajstić information content (AvgIpc) is 2.87. The van der Waals surface area contributed by atoms with Crippen molar-refractivity contribution in [1.29, 1.82) is 0 Å². The standard InChI is InChI=1S/C11H15N3OS/c1-14(5-4-10-3-2-6-16-10)8-9-7-11(12)13-15-9/h2-3,6-7H,4-5,8H2,1H3,(H2,12,13). The number of thiophene rings is 1. The van der Waals surface area contributed by atoms with Gasteiger partial charge < -0.3 is 10.3 Å². The summed E-state index contributed by atoms with van der Waals surface area (Å²) in [7, 11) is 2.06. The number of anilines is 1. The smallest absolute Gasteiger partial charge is 0.167 e. The van der Waals surface area contributed by atoms with Gasteiger partial charge in [0.2, 0.25) is 0 Å². The van der Waals surface area contributed by atoms with E-state index < -0.39 is 0 Å². The second-order valence-corrected chi connectivity index (χ2v) is 4.82. The predicted octanol–water partition coefficient (Wildman–Crippen LogP) is 1.99. The fraction of sp³-hybridized carbons (Fsp3) is 0.364. The Labute approximate surface area is 98.7 Å². The molecule has 16 heavy (non-hydrogen) atoms. The van der Waals surface area contributed by atoms with E-state index in [1.165, 1.54) is 4.88 Å². The zero-order valence-electron chi connectivity index (χ0n) is 9.22. The molecule has 0 aromatic carbocycles. The lowest BCUT2D eigenvalue weighted by Crippen LogP contribution is -2.20. The van der Waals surface area contributed by atoms with Crippen LogP contribution < -0.4 is 5.73 Å². The number of likely N-dealkylation sites (N-methyl/N-ethyl adjacent to an activating group) is 1. The minimum Gasteiger partial charge on any atom is -0.381 e. The zero-order chi connectivity index (χ0) is 11.4. The van der Waals surface area contributed by atoms with Gasteiger partial charge in [-0.1, -0.05) is 11.2 Å². The van der Waals surface area contributed by atoms with Gasteiger partial charge in [-0.25, -0.2) is 0 Å². The van der Waals surface area contributed by atoms with Crippen molar-refractivity contribution in [3.63, 3.8) is 0 Å². The topological polar surface area (TPSA) is 55.3 Å². The maximum Gasteiger partial charge on any atom is 0.167 e. The Hall–Kier alpha value is -1.33. The van der Waals surface area contributed by atoms with E-state index in [9.17, 15) is 0 Å². The van der Waals surface area contributed by atoms with Crippen molar-refractivity contribution in [2.24, 2.45) is 0 Å². The number of nitrogen functional groups attached to an aromatic ring is 1. The summed E-state index contributed by atoms with van der Waals surface area (Å²) in [6, 6.07) is 6.00. The summed E-state index contributed by atoms with van der Waals surface area (Å²) in [6.45, 7) is 1.75. The van der Waals surface area contributed by atoms with E-state index in [4.69, 9.17) is 10.3 Å². The van der Waals surface area contributed by atoms with E-state index in [1.54, 1.807) is 17.4 Å². The molecule has 2 aromatic heterocycles. The van der Waals surface area contributed by atoms with Crippen molar-refractivity contribution in [2.75, 3.05) is 19.3 Å². The first kappa shape index (κ1) is 11.2. The van der Waals surface area contributed by atoms with Crippen molar-refractivity contribution < 1.29 is 4.52 Å². The lowest BCUT2D eigenvalue weighted by atomic mass is 10.3. The van der Waals surface area contributed by atoms with Gasteiger partial charge in [0.15, 0.2) is 11.6 Å². The Morgan fingerprint density at radius 1 is 1.56 bits per heavy atom. The first-order valence-corrected chi connectivity index (χ1v) is 6.04. The minimum atomic E-state index is 0.446. The molecule has 0 amide bonds. The Kier molecular flexibility index (Phi) is 3.58. The van der Waals surface area contributed by atoms with Crippen LogP contribution in [0, 0.1) is 0 Å². The van der Waals surface area contributed by atoms with Gasteiger partial charge in [0.25, 0.3) is 0 Å². The Morgan fingerprint density at radius 2 is 2.44 bits per heavy atom. The summed E-state index contributed by atoms with van der Waals surface area (Å²) >= 11 is 1.79. The van der Waals surface area contributed by atoms with Gasteiger partial charge in [0.1, 0.15) is 0 Å². The molecule has 2 N–H and O–H groups in total. The number of hydrogen-bond donors (Lipinski definition) is 1. The van der Waals surface area contributed by atoms with Gasteiger partial charge in [0.05, 0.1) is 6.54 Å². The highest BCUT2D eigenvalue weighted by Crippen LogP contribution is 2.11. The van der Waals surface area contributed by atoms with Gasteiger partial charge in [-0.15, -0.1) is 11.3 Å². The van der Waals surface area contributed by atoms with Gasteiger partial charge in [-0.2, -0.15) is 0 Å². The SMILES string of the molecule is CN(CCc1cccs1)Cc1cc(N)no1. The number of hydrogen-bond acceptors (Lipinski definition) is 5. The van der Waals surface area contributed by atoms with Crippen LogP contribution in [0.5, 0.6) is 0 Å². The third-order valence-corrected chi connectivity index (χ3v) is 3.26. The third-order valence-electron chi connectivity index (χ3n) is 2.32.